The normalized spacial score (nSPS) is 22.4. The Morgan fingerprint density at radius 2 is 1.07 bits per heavy atom. The van der Waals surface area contributed by atoms with Crippen molar-refractivity contribution < 1.29 is 28.4 Å². The maximum atomic E-state index is 5.77. The molecule has 2 heterocycles. The molecule has 6 heteroatoms. The van der Waals surface area contributed by atoms with Crippen molar-refractivity contribution in [3.8, 4) is 22.6 Å². The van der Waals surface area contributed by atoms with Gasteiger partial charge in [-0.1, -0.05) is 24.3 Å². The highest BCUT2D eigenvalue weighted by molar-refractivity contribution is 5.64. The maximum Gasteiger partial charge on any atom is 0.197 e. The summed E-state index contributed by atoms with van der Waals surface area (Å²) in [7, 11) is 0. The summed E-state index contributed by atoms with van der Waals surface area (Å²) >= 11 is 0. The summed E-state index contributed by atoms with van der Waals surface area (Å²) in [6, 6.07) is 15.9. The average Bonchev–Trinajstić information content (AvgIpc) is 3.61. The Morgan fingerprint density at radius 3 is 1.39 bits per heavy atom. The summed E-state index contributed by atoms with van der Waals surface area (Å²) in [6.07, 6.45) is -0.131. The van der Waals surface area contributed by atoms with Gasteiger partial charge in [-0.25, -0.2) is 0 Å². The number of hydrogen-bond donors (Lipinski definition) is 0. The molecule has 4 atom stereocenters. The lowest BCUT2D eigenvalue weighted by Gasteiger charge is -2.16. The molecule has 2 aliphatic rings. The first kappa shape index (κ1) is 19.2. The summed E-state index contributed by atoms with van der Waals surface area (Å²) in [5, 5.41) is 0. The Bertz CT molecular complexity index is 671. The molecule has 0 saturated carbocycles. The van der Waals surface area contributed by atoms with Gasteiger partial charge in [-0.3, -0.25) is 0 Å². The van der Waals surface area contributed by atoms with Crippen molar-refractivity contribution in [2.24, 2.45) is 0 Å². The van der Waals surface area contributed by atoms with Gasteiger partial charge >= 0.3 is 0 Å². The molecule has 0 amide bonds. The Hall–Kier alpha value is -2.12. The first-order valence-corrected chi connectivity index (χ1v) is 9.66. The highest BCUT2D eigenvalue weighted by atomic mass is 16.7. The third-order valence-corrected chi connectivity index (χ3v) is 4.48. The van der Waals surface area contributed by atoms with Gasteiger partial charge in [-0.2, -0.15) is 0 Å². The molecule has 0 radical (unpaired) electrons. The Labute approximate surface area is 165 Å². The van der Waals surface area contributed by atoms with Crippen LogP contribution in [-0.2, 0) is 18.9 Å². The molecule has 150 valence electrons. The Morgan fingerprint density at radius 1 is 0.714 bits per heavy atom. The summed E-state index contributed by atoms with van der Waals surface area (Å²) in [4.78, 5) is 0. The van der Waals surface area contributed by atoms with Crippen LogP contribution >= 0.6 is 0 Å². The molecule has 0 spiro atoms. The number of rotatable bonds is 11. The van der Waals surface area contributed by atoms with E-state index in [1.54, 1.807) is 0 Å². The van der Waals surface area contributed by atoms with E-state index in [1.165, 1.54) is 0 Å². The molecule has 0 aromatic heterocycles. The summed E-state index contributed by atoms with van der Waals surface area (Å²) in [5.41, 5.74) is 2.21. The minimum Gasteiger partial charge on any atom is -0.465 e. The molecular formula is C22H26O6. The SMILES string of the molecule is CC(OCC1CO1)Oc1ccc(-c2ccc(OC(C)OCC3CO3)cc2)cc1. The zero-order chi connectivity index (χ0) is 19.3. The molecule has 4 unspecified atom stereocenters. The van der Waals surface area contributed by atoms with Gasteiger partial charge in [0.2, 0.25) is 0 Å². The minimum absolute atomic E-state index is 0.238. The van der Waals surface area contributed by atoms with Crippen LogP contribution in [0.25, 0.3) is 11.1 Å². The second-order valence-electron chi connectivity index (χ2n) is 7.00. The van der Waals surface area contributed by atoms with E-state index in [2.05, 4.69) is 0 Å². The highest BCUT2D eigenvalue weighted by Crippen LogP contribution is 2.26. The molecule has 28 heavy (non-hydrogen) atoms. The van der Waals surface area contributed by atoms with Crippen LogP contribution in [0.15, 0.2) is 48.5 Å². The predicted octanol–water partition coefficient (Wildman–Crippen LogP) is 3.63. The van der Waals surface area contributed by atoms with Gasteiger partial charge in [-0.15, -0.1) is 0 Å². The minimum atomic E-state index is -0.304. The van der Waals surface area contributed by atoms with E-state index in [9.17, 15) is 0 Å². The first-order chi connectivity index (χ1) is 13.7. The van der Waals surface area contributed by atoms with E-state index in [-0.39, 0.29) is 24.8 Å². The topological polar surface area (TPSA) is 62.0 Å². The average molecular weight is 386 g/mol. The smallest absolute Gasteiger partial charge is 0.197 e. The van der Waals surface area contributed by atoms with Crippen molar-refractivity contribution in [1.82, 2.24) is 0 Å². The monoisotopic (exact) mass is 386 g/mol. The van der Waals surface area contributed by atoms with Crippen LogP contribution in [0.2, 0.25) is 0 Å². The van der Waals surface area contributed by atoms with Crippen molar-refractivity contribution in [1.29, 1.82) is 0 Å². The summed E-state index contributed by atoms with van der Waals surface area (Å²) in [6.45, 7) is 6.49. The Kier molecular flexibility index (Phi) is 6.12. The molecule has 6 nitrogen and oxygen atoms in total. The highest BCUT2D eigenvalue weighted by Gasteiger charge is 2.24. The van der Waals surface area contributed by atoms with E-state index < -0.39 is 0 Å². The lowest BCUT2D eigenvalue weighted by molar-refractivity contribution is -0.0711. The van der Waals surface area contributed by atoms with Crippen LogP contribution in [-0.4, -0.2) is 51.2 Å². The van der Waals surface area contributed by atoms with Gasteiger partial charge in [0.1, 0.15) is 23.7 Å². The number of benzene rings is 2. The fraction of sp³-hybridized carbons (Fsp3) is 0.455. The third kappa shape index (κ3) is 5.94. The summed E-state index contributed by atoms with van der Waals surface area (Å²) in [5.74, 6) is 1.55. The van der Waals surface area contributed by atoms with E-state index >= 15 is 0 Å². The summed E-state index contributed by atoms with van der Waals surface area (Å²) < 4.78 is 33.0. The molecule has 0 N–H and O–H groups in total. The fourth-order valence-corrected chi connectivity index (χ4v) is 2.72. The molecular weight excluding hydrogens is 360 g/mol. The van der Waals surface area contributed by atoms with E-state index in [1.807, 2.05) is 62.4 Å². The zero-order valence-corrected chi connectivity index (χ0v) is 16.2. The second-order valence-corrected chi connectivity index (χ2v) is 7.00. The Balaban J connectivity index is 1.26. The lowest BCUT2D eigenvalue weighted by atomic mass is 10.1. The van der Waals surface area contributed by atoms with Gasteiger partial charge in [0.05, 0.1) is 26.4 Å². The first-order valence-electron chi connectivity index (χ1n) is 9.66. The van der Waals surface area contributed by atoms with Crippen molar-refractivity contribution >= 4 is 0 Å². The van der Waals surface area contributed by atoms with Crippen molar-refractivity contribution in [2.75, 3.05) is 26.4 Å². The maximum absolute atomic E-state index is 5.77. The largest absolute Gasteiger partial charge is 0.465 e. The molecule has 4 rings (SSSR count). The molecule has 2 saturated heterocycles. The van der Waals surface area contributed by atoms with Crippen LogP contribution in [0.4, 0.5) is 0 Å². The number of hydrogen-bond acceptors (Lipinski definition) is 6. The van der Waals surface area contributed by atoms with Crippen LogP contribution in [0.5, 0.6) is 11.5 Å². The molecule has 0 aliphatic carbocycles. The second kappa shape index (κ2) is 8.92. The van der Waals surface area contributed by atoms with E-state index in [0.29, 0.717) is 13.2 Å². The van der Waals surface area contributed by atoms with E-state index in [0.717, 1.165) is 35.8 Å². The van der Waals surface area contributed by atoms with Gasteiger partial charge in [0, 0.05) is 0 Å². The molecule has 2 aliphatic heterocycles. The van der Waals surface area contributed by atoms with Gasteiger partial charge in [-0.05, 0) is 49.2 Å². The van der Waals surface area contributed by atoms with E-state index in [4.69, 9.17) is 28.4 Å². The number of epoxide rings is 2. The lowest BCUT2D eigenvalue weighted by Crippen LogP contribution is -2.19. The zero-order valence-electron chi connectivity index (χ0n) is 16.2. The standard InChI is InChI=1S/C22H26O6/c1-15(23-11-21-13-25-21)27-19-7-3-17(4-8-19)18-5-9-20(10-6-18)28-16(2)24-12-22-14-26-22/h3-10,15-16,21-22H,11-14H2,1-2H3. The predicted molar refractivity (Wildman–Crippen MR) is 103 cm³/mol. The van der Waals surface area contributed by atoms with Gasteiger partial charge < -0.3 is 28.4 Å². The van der Waals surface area contributed by atoms with Gasteiger partial charge in [0.25, 0.3) is 0 Å². The quantitative estimate of drug-likeness (QED) is 0.434. The van der Waals surface area contributed by atoms with Crippen molar-refractivity contribution in [2.45, 2.75) is 38.6 Å². The third-order valence-electron chi connectivity index (χ3n) is 4.48. The number of ether oxygens (including phenoxy) is 6. The van der Waals surface area contributed by atoms with Crippen LogP contribution < -0.4 is 9.47 Å². The van der Waals surface area contributed by atoms with Crippen LogP contribution in [0.1, 0.15) is 13.8 Å². The van der Waals surface area contributed by atoms with Crippen LogP contribution in [0.3, 0.4) is 0 Å². The molecule has 0 bridgehead atoms. The molecule has 2 aromatic carbocycles. The van der Waals surface area contributed by atoms with Crippen LogP contribution in [0, 0.1) is 0 Å². The van der Waals surface area contributed by atoms with Crippen molar-refractivity contribution in [3.63, 3.8) is 0 Å². The van der Waals surface area contributed by atoms with Gasteiger partial charge in [0.15, 0.2) is 12.6 Å². The molecule has 2 aromatic rings. The fourth-order valence-electron chi connectivity index (χ4n) is 2.72. The van der Waals surface area contributed by atoms with Crippen molar-refractivity contribution in [3.05, 3.63) is 48.5 Å². The molecule has 2 fully saturated rings.